The smallest absolute Gasteiger partial charge is 0.409 e. The van der Waals surface area contributed by atoms with E-state index in [-0.39, 0.29) is 29.8 Å². The van der Waals surface area contributed by atoms with Crippen LogP contribution in [0, 0.1) is 25.2 Å². The van der Waals surface area contributed by atoms with E-state index >= 15 is 0 Å². The van der Waals surface area contributed by atoms with Crippen molar-refractivity contribution < 1.29 is 14.3 Å². The summed E-state index contributed by atoms with van der Waals surface area (Å²) in [5.74, 6) is 1.16. The maximum absolute atomic E-state index is 11.9. The molecule has 5 heterocycles. The summed E-state index contributed by atoms with van der Waals surface area (Å²) in [6.45, 7) is 11.7. The summed E-state index contributed by atoms with van der Waals surface area (Å²) in [6.07, 6.45) is 8.77. The van der Waals surface area contributed by atoms with Gasteiger partial charge in [0.1, 0.15) is 0 Å². The fourth-order valence-electron chi connectivity index (χ4n) is 6.92. The van der Waals surface area contributed by atoms with Crippen LogP contribution in [0.25, 0.3) is 0 Å². The van der Waals surface area contributed by atoms with Gasteiger partial charge in [-0.2, -0.15) is 10.2 Å². The van der Waals surface area contributed by atoms with Crippen LogP contribution in [0.3, 0.4) is 0 Å². The van der Waals surface area contributed by atoms with E-state index in [2.05, 4.69) is 39.8 Å². The van der Waals surface area contributed by atoms with Crippen LogP contribution < -0.4 is 15.8 Å². The first-order valence-corrected chi connectivity index (χ1v) is 13.8. The summed E-state index contributed by atoms with van der Waals surface area (Å²) >= 11 is 0. The molecule has 1 aliphatic carbocycles. The number of nitrogens with zero attached hydrogens (tertiary/aromatic N) is 6. The van der Waals surface area contributed by atoms with Gasteiger partial charge in [0.25, 0.3) is 0 Å². The van der Waals surface area contributed by atoms with Crippen molar-refractivity contribution in [2.24, 2.45) is 11.3 Å². The molecule has 3 aliphatic heterocycles. The zero-order valence-electron chi connectivity index (χ0n) is 22.7. The molecule has 2 aromatic rings. The lowest BCUT2D eigenvalue weighted by molar-refractivity contribution is -0.0377. The molecular weight excluding hydrogens is 484 g/mol. The fraction of sp³-hybridized carbons (Fsp3) is 0.667. The highest BCUT2D eigenvalue weighted by Crippen LogP contribution is 2.42. The molecule has 3 saturated heterocycles. The van der Waals surface area contributed by atoms with Crippen molar-refractivity contribution in [3.05, 3.63) is 41.0 Å². The maximum Gasteiger partial charge on any atom is 0.409 e. The molecule has 11 nitrogen and oxygen atoms in total. The van der Waals surface area contributed by atoms with E-state index in [1.165, 1.54) is 0 Å². The molecule has 4 aliphatic rings. The van der Waals surface area contributed by atoms with Gasteiger partial charge in [-0.1, -0.05) is 0 Å². The second-order valence-corrected chi connectivity index (χ2v) is 11.5. The van der Waals surface area contributed by atoms with Crippen molar-refractivity contribution in [1.82, 2.24) is 35.9 Å². The number of likely N-dealkylation sites (tertiary alicyclic amines) is 1. The summed E-state index contributed by atoms with van der Waals surface area (Å²) in [5, 5.41) is 8.29. The second-order valence-electron chi connectivity index (χ2n) is 11.5. The molecule has 1 amide bonds. The first kappa shape index (κ1) is 25.4. The molecule has 0 bridgehead atoms. The van der Waals surface area contributed by atoms with Crippen LogP contribution in [0.2, 0.25) is 0 Å². The minimum absolute atomic E-state index is 0.0182. The molecule has 2 aromatic heterocycles. The van der Waals surface area contributed by atoms with Gasteiger partial charge in [0.15, 0.2) is 0 Å². The van der Waals surface area contributed by atoms with E-state index in [4.69, 9.17) is 19.4 Å². The molecule has 0 radical (unpaired) electrons. The highest BCUT2D eigenvalue weighted by atomic mass is 16.6. The molecule has 6 rings (SSSR count). The Morgan fingerprint density at radius 2 is 1.89 bits per heavy atom. The molecule has 0 aromatic carbocycles. The summed E-state index contributed by atoms with van der Waals surface area (Å²) in [6, 6.07) is 0.561. The number of aryl methyl sites for hydroxylation is 2. The molecule has 11 heteroatoms. The topological polar surface area (TPSA) is 118 Å². The van der Waals surface area contributed by atoms with Crippen molar-refractivity contribution in [2.75, 3.05) is 37.7 Å². The highest BCUT2D eigenvalue weighted by Gasteiger charge is 2.54. The number of nitrogens with one attached hydrogen (secondary N) is 2. The zero-order valence-corrected chi connectivity index (χ0v) is 22.7. The van der Waals surface area contributed by atoms with Gasteiger partial charge < -0.3 is 19.3 Å². The lowest BCUT2D eigenvalue weighted by Gasteiger charge is -2.59. The van der Waals surface area contributed by atoms with Crippen molar-refractivity contribution in [1.29, 1.82) is 0 Å². The van der Waals surface area contributed by atoms with Crippen molar-refractivity contribution in [3.8, 4) is 0 Å². The Labute approximate surface area is 223 Å². The number of aromatic nitrogens is 4. The van der Waals surface area contributed by atoms with Gasteiger partial charge in [-0.3, -0.25) is 5.43 Å². The Morgan fingerprint density at radius 1 is 1.13 bits per heavy atom. The number of hydrogen-bond donors (Lipinski definition) is 2. The fourth-order valence-corrected chi connectivity index (χ4v) is 6.92. The molecule has 2 N–H and O–H groups in total. The SMILES string of the molecule is CCOC(=O)N1CC2(C1)CN(c1ncc(C3NNC4CCC(O[C@H](C)c5c(C)cnnc5C)CC43)cn1)C2. The second kappa shape index (κ2) is 10.0. The predicted octanol–water partition coefficient (Wildman–Crippen LogP) is 2.63. The number of amides is 1. The Morgan fingerprint density at radius 3 is 2.61 bits per heavy atom. The molecule has 38 heavy (non-hydrogen) atoms. The third-order valence-corrected chi connectivity index (χ3v) is 8.71. The van der Waals surface area contributed by atoms with Crippen LogP contribution in [0.15, 0.2) is 18.6 Å². The average Bonchev–Trinajstić information content (AvgIpc) is 3.26. The first-order valence-electron chi connectivity index (χ1n) is 13.8. The molecule has 1 saturated carbocycles. The molecule has 1 spiro atoms. The van der Waals surface area contributed by atoms with E-state index in [0.717, 1.165) is 73.8 Å². The van der Waals surface area contributed by atoms with E-state index in [9.17, 15) is 4.79 Å². The lowest BCUT2D eigenvalue weighted by atomic mass is 9.73. The minimum atomic E-state index is -0.211. The van der Waals surface area contributed by atoms with Crippen LogP contribution in [-0.2, 0) is 9.47 Å². The molecule has 4 fully saturated rings. The van der Waals surface area contributed by atoms with Gasteiger partial charge in [-0.15, -0.1) is 0 Å². The maximum atomic E-state index is 11.9. The van der Waals surface area contributed by atoms with Crippen LogP contribution in [-0.4, -0.2) is 76.1 Å². The van der Waals surface area contributed by atoms with Crippen molar-refractivity contribution >= 4 is 12.0 Å². The third kappa shape index (κ3) is 4.60. The molecule has 5 atom stereocenters. The highest BCUT2D eigenvalue weighted by molar-refractivity contribution is 5.69. The summed E-state index contributed by atoms with van der Waals surface area (Å²) in [5.41, 5.74) is 11.5. The number of ether oxygens (including phenoxy) is 2. The number of carbonyl (C=O) groups excluding carboxylic acids is 1. The standard InChI is InChI=1S/C27H38N8O3/c1-5-37-26(36)35-14-27(15-35)12-34(13-27)25-28-10-19(11-29-25)24-21-8-20(6-7-22(21)32-33-24)38-18(4)23-16(2)9-30-31-17(23)3/h9-11,18,20-22,24,32-33H,5-8,12-15H2,1-4H3/t18-,20?,21?,22?,24?/m1/s1. The number of anilines is 1. The Hall–Kier alpha value is -2.89. The Bertz CT molecular complexity index is 1140. The monoisotopic (exact) mass is 522 g/mol. The first-order chi connectivity index (χ1) is 18.4. The Kier molecular flexibility index (Phi) is 6.69. The summed E-state index contributed by atoms with van der Waals surface area (Å²) < 4.78 is 11.7. The summed E-state index contributed by atoms with van der Waals surface area (Å²) in [4.78, 5) is 25.3. The van der Waals surface area contributed by atoms with Gasteiger partial charge in [0.05, 0.1) is 36.7 Å². The van der Waals surface area contributed by atoms with E-state index in [1.807, 2.05) is 32.4 Å². The molecular formula is C27H38N8O3. The van der Waals surface area contributed by atoms with Crippen LogP contribution in [0.4, 0.5) is 10.7 Å². The Balaban J connectivity index is 1.05. The van der Waals surface area contributed by atoms with Crippen molar-refractivity contribution in [2.45, 2.75) is 71.2 Å². The quantitative estimate of drug-likeness (QED) is 0.586. The number of carbonyl (C=O) groups is 1. The van der Waals surface area contributed by atoms with E-state index in [0.29, 0.717) is 18.6 Å². The van der Waals surface area contributed by atoms with Crippen molar-refractivity contribution in [3.63, 3.8) is 0 Å². The van der Waals surface area contributed by atoms with Crippen LogP contribution in [0.1, 0.15) is 67.6 Å². The minimum Gasteiger partial charge on any atom is -0.450 e. The molecule has 4 unspecified atom stereocenters. The number of fused-ring (bicyclic) bond motifs is 1. The van der Waals surface area contributed by atoms with Crippen LogP contribution >= 0.6 is 0 Å². The number of rotatable bonds is 6. The summed E-state index contributed by atoms with van der Waals surface area (Å²) in [7, 11) is 0. The zero-order chi connectivity index (χ0) is 26.4. The van der Waals surface area contributed by atoms with Gasteiger partial charge in [0.2, 0.25) is 5.95 Å². The lowest BCUT2D eigenvalue weighted by Crippen LogP contribution is -2.73. The number of hydrogen-bond acceptors (Lipinski definition) is 10. The van der Waals surface area contributed by atoms with E-state index in [1.54, 1.807) is 4.90 Å². The van der Waals surface area contributed by atoms with Gasteiger partial charge in [0, 0.05) is 61.2 Å². The van der Waals surface area contributed by atoms with E-state index < -0.39 is 0 Å². The largest absolute Gasteiger partial charge is 0.450 e. The average molecular weight is 523 g/mol. The number of hydrazine groups is 1. The van der Waals surface area contributed by atoms with Gasteiger partial charge >= 0.3 is 6.09 Å². The van der Waals surface area contributed by atoms with Gasteiger partial charge in [-0.05, 0) is 58.4 Å². The van der Waals surface area contributed by atoms with Gasteiger partial charge in [-0.25, -0.2) is 20.2 Å². The molecule has 204 valence electrons. The predicted molar refractivity (Wildman–Crippen MR) is 140 cm³/mol. The normalized spacial score (nSPS) is 28.4. The third-order valence-electron chi connectivity index (χ3n) is 8.71. The van der Waals surface area contributed by atoms with Crippen LogP contribution in [0.5, 0.6) is 0 Å².